The summed E-state index contributed by atoms with van der Waals surface area (Å²) in [5.41, 5.74) is 0.228. The molecule has 1 aromatic rings. The molecule has 0 amide bonds. The molecule has 5 nitrogen and oxygen atoms in total. The first-order valence-electron chi connectivity index (χ1n) is 6.81. The van der Waals surface area contributed by atoms with E-state index in [4.69, 9.17) is 5.11 Å². The molecule has 0 radical (unpaired) electrons. The number of carbonyl (C=O) groups is 1. The molecule has 5 heteroatoms. The van der Waals surface area contributed by atoms with Crippen LogP contribution in [0.15, 0.2) is 18.3 Å². The lowest BCUT2D eigenvalue weighted by atomic mass is 10.2. The molecule has 2 N–H and O–H groups in total. The van der Waals surface area contributed by atoms with Crippen LogP contribution in [0, 0.1) is 0 Å². The number of carboxylic acid groups (broad SMARTS) is 1. The second kappa shape index (κ2) is 6.52. The van der Waals surface area contributed by atoms with Gasteiger partial charge in [-0.15, -0.1) is 0 Å². The summed E-state index contributed by atoms with van der Waals surface area (Å²) in [5.74, 6) is -0.491. The Labute approximate surface area is 113 Å². The van der Waals surface area contributed by atoms with Crippen molar-refractivity contribution in [2.45, 2.75) is 31.7 Å². The van der Waals surface area contributed by atoms with E-state index in [0.29, 0.717) is 18.4 Å². The van der Waals surface area contributed by atoms with Gasteiger partial charge in [-0.1, -0.05) is 12.8 Å². The first-order valence-corrected chi connectivity index (χ1v) is 6.81. The van der Waals surface area contributed by atoms with Gasteiger partial charge < -0.3 is 15.3 Å². The highest BCUT2D eigenvalue weighted by atomic mass is 16.4. The third-order valence-electron chi connectivity index (χ3n) is 3.74. The van der Waals surface area contributed by atoms with Crippen LogP contribution in [-0.4, -0.2) is 47.1 Å². The van der Waals surface area contributed by atoms with E-state index in [1.165, 1.54) is 25.7 Å². The van der Waals surface area contributed by atoms with Crippen LogP contribution in [0.4, 0.5) is 5.82 Å². The van der Waals surface area contributed by atoms with Gasteiger partial charge in [0.15, 0.2) is 0 Å². The largest absolute Gasteiger partial charge is 0.478 e. The standard InChI is InChI=1S/C14H21N3O2/c1-17(11-5-2-3-6-11)10-9-16-13-12(14(18)19)7-4-8-15-13/h4,7-8,11H,2-3,5-6,9-10H2,1H3,(H,15,16)(H,18,19). The first kappa shape index (κ1) is 13.8. The molecule has 0 spiro atoms. The monoisotopic (exact) mass is 263 g/mol. The van der Waals surface area contributed by atoms with E-state index in [2.05, 4.69) is 22.2 Å². The molecule has 0 unspecified atom stereocenters. The lowest BCUT2D eigenvalue weighted by Gasteiger charge is -2.24. The smallest absolute Gasteiger partial charge is 0.339 e. The fourth-order valence-corrected chi connectivity index (χ4v) is 2.60. The second-order valence-corrected chi connectivity index (χ2v) is 5.05. The number of carboxylic acids is 1. The van der Waals surface area contributed by atoms with Crippen LogP contribution in [0.2, 0.25) is 0 Å². The van der Waals surface area contributed by atoms with Crippen LogP contribution >= 0.6 is 0 Å². The molecule has 0 saturated heterocycles. The quantitative estimate of drug-likeness (QED) is 0.822. The van der Waals surface area contributed by atoms with Gasteiger partial charge in [0, 0.05) is 25.3 Å². The SMILES string of the molecule is CN(CCNc1ncccc1C(=O)O)C1CCCC1. The normalized spacial score (nSPS) is 15.9. The Morgan fingerprint density at radius 3 is 2.95 bits per heavy atom. The Hall–Kier alpha value is -1.62. The van der Waals surface area contributed by atoms with Crippen LogP contribution in [0.5, 0.6) is 0 Å². The first-order chi connectivity index (χ1) is 9.18. The van der Waals surface area contributed by atoms with Crippen molar-refractivity contribution in [3.63, 3.8) is 0 Å². The summed E-state index contributed by atoms with van der Waals surface area (Å²) in [5, 5.41) is 12.2. The third kappa shape index (κ3) is 3.67. The summed E-state index contributed by atoms with van der Waals surface area (Å²) in [6, 6.07) is 3.89. The molecule has 1 aromatic heterocycles. The number of nitrogens with zero attached hydrogens (tertiary/aromatic N) is 2. The zero-order chi connectivity index (χ0) is 13.7. The van der Waals surface area contributed by atoms with Crippen molar-refractivity contribution in [3.8, 4) is 0 Å². The van der Waals surface area contributed by atoms with Gasteiger partial charge in [0.1, 0.15) is 11.4 Å². The van der Waals surface area contributed by atoms with Crippen LogP contribution in [-0.2, 0) is 0 Å². The number of rotatable bonds is 6. The molecule has 0 aromatic carbocycles. The van der Waals surface area contributed by atoms with Crippen LogP contribution in [0.3, 0.4) is 0 Å². The summed E-state index contributed by atoms with van der Waals surface area (Å²) in [6.45, 7) is 1.62. The van der Waals surface area contributed by atoms with E-state index in [0.717, 1.165) is 6.54 Å². The lowest BCUT2D eigenvalue weighted by Crippen LogP contribution is -2.33. The molecule has 2 rings (SSSR count). The fraction of sp³-hybridized carbons (Fsp3) is 0.571. The molecule has 1 heterocycles. The molecule has 0 aliphatic heterocycles. The molecule has 104 valence electrons. The van der Waals surface area contributed by atoms with Crippen LogP contribution < -0.4 is 5.32 Å². The molecule has 0 bridgehead atoms. The van der Waals surface area contributed by atoms with Crippen molar-refractivity contribution in [1.29, 1.82) is 0 Å². The predicted octanol–water partition coefficient (Wildman–Crippen LogP) is 2.07. The van der Waals surface area contributed by atoms with Gasteiger partial charge in [0.05, 0.1) is 0 Å². The summed E-state index contributed by atoms with van der Waals surface area (Å²) >= 11 is 0. The summed E-state index contributed by atoms with van der Waals surface area (Å²) in [7, 11) is 2.13. The molecule has 1 fully saturated rings. The Morgan fingerprint density at radius 2 is 2.26 bits per heavy atom. The van der Waals surface area contributed by atoms with Crippen molar-refractivity contribution in [1.82, 2.24) is 9.88 Å². The van der Waals surface area contributed by atoms with E-state index in [-0.39, 0.29) is 5.56 Å². The highest BCUT2D eigenvalue weighted by Gasteiger charge is 2.19. The van der Waals surface area contributed by atoms with Gasteiger partial charge in [-0.05, 0) is 32.0 Å². The predicted molar refractivity (Wildman–Crippen MR) is 74.6 cm³/mol. The van der Waals surface area contributed by atoms with Crippen molar-refractivity contribution in [2.75, 3.05) is 25.5 Å². The summed E-state index contributed by atoms with van der Waals surface area (Å²) in [4.78, 5) is 17.5. The number of hydrogen-bond acceptors (Lipinski definition) is 4. The number of hydrogen-bond donors (Lipinski definition) is 2. The highest BCUT2D eigenvalue weighted by molar-refractivity contribution is 5.92. The van der Waals surface area contributed by atoms with E-state index >= 15 is 0 Å². The zero-order valence-corrected chi connectivity index (χ0v) is 11.3. The van der Waals surface area contributed by atoms with E-state index in [1.54, 1.807) is 18.3 Å². The van der Waals surface area contributed by atoms with Crippen LogP contribution in [0.25, 0.3) is 0 Å². The molecule has 1 aliphatic carbocycles. The summed E-state index contributed by atoms with van der Waals surface area (Å²) < 4.78 is 0. The van der Waals surface area contributed by atoms with Gasteiger partial charge in [0.2, 0.25) is 0 Å². The van der Waals surface area contributed by atoms with Gasteiger partial charge in [-0.25, -0.2) is 9.78 Å². The molecular weight excluding hydrogens is 242 g/mol. The van der Waals surface area contributed by atoms with Crippen molar-refractivity contribution >= 4 is 11.8 Å². The number of aromatic carboxylic acids is 1. The zero-order valence-electron chi connectivity index (χ0n) is 11.3. The van der Waals surface area contributed by atoms with Crippen molar-refractivity contribution in [2.24, 2.45) is 0 Å². The Bertz CT molecular complexity index is 430. The van der Waals surface area contributed by atoms with Gasteiger partial charge in [-0.2, -0.15) is 0 Å². The second-order valence-electron chi connectivity index (χ2n) is 5.05. The Kier molecular flexibility index (Phi) is 4.74. The number of nitrogens with one attached hydrogen (secondary N) is 1. The maximum Gasteiger partial charge on any atom is 0.339 e. The van der Waals surface area contributed by atoms with E-state index < -0.39 is 5.97 Å². The highest BCUT2D eigenvalue weighted by Crippen LogP contribution is 2.22. The number of likely N-dealkylation sites (N-methyl/N-ethyl adjacent to an activating group) is 1. The van der Waals surface area contributed by atoms with Gasteiger partial charge >= 0.3 is 5.97 Å². The van der Waals surface area contributed by atoms with E-state index in [9.17, 15) is 4.79 Å². The summed E-state index contributed by atoms with van der Waals surface area (Å²) in [6.07, 6.45) is 6.81. The van der Waals surface area contributed by atoms with Gasteiger partial charge in [-0.3, -0.25) is 0 Å². The molecule has 1 saturated carbocycles. The fourth-order valence-electron chi connectivity index (χ4n) is 2.60. The Balaban J connectivity index is 1.83. The van der Waals surface area contributed by atoms with Crippen molar-refractivity contribution in [3.05, 3.63) is 23.9 Å². The average molecular weight is 263 g/mol. The van der Waals surface area contributed by atoms with Gasteiger partial charge in [0.25, 0.3) is 0 Å². The van der Waals surface area contributed by atoms with Crippen molar-refractivity contribution < 1.29 is 9.90 Å². The maximum atomic E-state index is 11.0. The molecular formula is C14H21N3O2. The number of aromatic nitrogens is 1. The Morgan fingerprint density at radius 1 is 1.53 bits per heavy atom. The van der Waals surface area contributed by atoms with E-state index in [1.807, 2.05) is 0 Å². The topological polar surface area (TPSA) is 65.5 Å². The minimum absolute atomic E-state index is 0.228. The van der Waals surface area contributed by atoms with Crippen LogP contribution in [0.1, 0.15) is 36.0 Å². The molecule has 19 heavy (non-hydrogen) atoms. The number of anilines is 1. The minimum Gasteiger partial charge on any atom is -0.478 e. The maximum absolute atomic E-state index is 11.0. The average Bonchev–Trinajstić information content (AvgIpc) is 2.93. The molecule has 1 aliphatic rings. The molecule has 0 atom stereocenters. The lowest BCUT2D eigenvalue weighted by molar-refractivity contribution is 0.0697. The third-order valence-corrected chi connectivity index (χ3v) is 3.74. The number of pyridine rings is 1. The minimum atomic E-state index is -0.945.